The number of carbonyl (C=O) groups excluding carboxylic acids is 1. The van der Waals surface area contributed by atoms with Gasteiger partial charge in [-0.2, -0.15) is 5.10 Å². The van der Waals surface area contributed by atoms with Crippen LogP contribution in [0.15, 0.2) is 11.6 Å². The lowest BCUT2D eigenvalue weighted by molar-refractivity contribution is -0.119. The molecule has 130 valence electrons. The number of likely N-dealkylation sites (tertiary alicyclic amines) is 1. The van der Waals surface area contributed by atoms with Crippen molar-refractivity contribution in [3.8, 4) is 0 Å². The van der Waals surface area contributed by atoms with E-state index < -0.39 is 0 Å². The van der Waals surface area contributed by atoms with E-state index in [1.807, 2.05) is 23.9 Å². The van der Waals surface area contributed by atoms with Gasteiger partial charge in [-0.3, -0.25) is 14.6 Å². The zero-order valence-corrected chi connectivity index (χ0v) is 15.3. The standard InChI is InChI=1S/C16H24N6OS/c1-12-18-13(2)22(19-12)10-14-5-4-7-21(9-14)11-15(23)20(3)16-17-6-8-24-16/h6,8,14H,4-5,7,9-11H2,1-3H3/t14-/m0/s1. The first-order valence-electron chi connectivity index (χ1n) is 8.29. The molecule has 3 rings (SSSR count). The monoisotopic (exact) mass is 348 g/mol. The second-order valence-electron chi connectivity index (χ2n) is 6.40. The summed E-state index contributed by atoms with van der Waals surface area (Å²) < 4.78 is 1.99. The lowest BCUT2D eigenvalue weighted by atomic mass is 9.98. The molecule has 1 aliphatic heterocycles. The van der Waals surface area contributed by atoms with Crippen LogP contribution >= 0.6 is 11.3 Å². The summed E-state index contributed by atoms with van der Waals surface area (Å²) in [4.78, 5) is 24.9. The summed E-state index contributed by atoms with van der Waals surface area (Å²) in [5, 5.41) is 7.10. The van der Waals surface area contributed by atoms with Gasteiger partial charge in [0.15, 0.2) is 5.13 Å². The average Bonchev–Trinajstić information content (AvgIpc) is 3.17. The number of aromatic nitrogens is 4. The van der Waals surface area contributed by atoms with Gasteiger partial charge < -0.3 is 0 Å². The highest BCUT2D eigenvalue weighted by Crippen LogP contribution is 2.20. The van der Waals surface area contributed by atoms with E-state index in [2.05, 4.69) is 20.0 Å². The van der Waals surface area contributed by atoms with Crippen LogP contribution in [0.25, 0.3) is 0 Å². The van der Waals surface area contributed by atoms with Gasteiger partial charge in [-0.15, -0.1) is 11.3 Å². The normalized spacial score (nSPS) is 18.7. The van der Waals surface area contributed by atoms with Crippen molar-refractivity contribution in [1.29, 1.82) is 0 Å². The molecule has 8 heteroatoms. The summed E-state index contributed by atoms with van der Waals surface area (Å²) in [6.07, 6.45) is 4.01. The number of likely N-dealkylation sites (N-methyl/N-ethyl adjacent to an activating group) is 1. The molecule has 1 atom stereocenters. The maximum absolute atomic E-state index is 12.5. The predicted molar refractivity (Wildman–Crippen MR) is 94.2 cm³/mol. The number of hydrogen-bond acceptors (Lipinski definition) is 6. The van der Waals surface area contributed by atoms with Gasteiger partial charge in [0.1, 0.15) is 11.6 Å². The lowest BCUT2D eigenvalue weighted by Gasteiger charge is -2.33. The molecule has 0 saturated carbocycles. The SMILES string of the molecule is Cc1nc(C)n(C[C@H]2CCCN(CC(=O)N(C)c3nccs3)C2)n1. The topological polar surface area (TPSA) is 67.2 Å². The van der Waals surface area contributed by atoms with Crippen molar-refractivity contribution in [3.05, 3.63) is 23.2 Å². The maximum Gasteiger partial charge on any atom is 0.242 e. The van der Waals surface area contributed by atoms with Crippen LogP contribution in [-0.2, 0) is 11.3 Å². The van der Waals surface area contributed by atoms with E-state index in [-0.39, 0.29) is 5.91 Å². The number of aryl methyl sites for hydroxylation is 2. The number of anilines is 1. The van der Waals surface area contributed by atoms with Gasteiger partial charge in [0.05, 0.1) is 6.54 Å². The van der Waals surface area contributed by atoms with Crippen molar-refractivity contribution in [2.75, 3.05) is 31.6 Å². The minimum Gasteiger partial charge on any atom is -0.294 e. The first-order chi connectivity index (χ1) is 11.5. The highest BCUT2D eigenvalue weighted by Gasteiger charge is 2.24. The van der Waals surface area contributed by atoms with Crippen LogP contribution < -0.4 is 4.90 Å². The van der Waals surface area contributed by atoms with Gasteiger partial charge in [-0.25, -0.2) is 14.6 Å². The molecule has 1 saturated heterocycles. The number of thiazole rings is 1. The smallest absolute Gasteiger partial charge is 0.242 e. The van der Waals surface area contributed by atoms with Gasteiger partial charge >= 0.3 is 0 Å². The molecule has 0 unspecified atom stereocenters. The summed E-state index contributed by atoms with van der Waals surface area (Å²) in [7, 11) is 1.80. The van der Waals surface area contributed by atoms with Crippen molar-refractivity contribution in [3.63, 3.8) is 0 Å². The maximum atomic E-state index is 12.5. The molecule has 1 fully saturated rings. The summed E-state index contributed by atoms with van der Waals surface area (Å²) in [5.41, 5.74) is 0. The molecular weight excluding hydrogens is 324 g/mol. The van der Waals surface area contributed by atoms with E-state index in [0.29, 0.717) is 12.5 Å². The molecule has 3 heterocycles. The van der Waals surface area contributed by atoms with Crippen LogP contribution in [0.4, 0.5) is 5.13 Å². The molecule has 0 radical (unpaired) electrons. The number of carbonyl (C=O) groups is 1. The third-order valence-corrected chi connectivity index (χ3v) is 5.28. The Morgan fingerprint density at radius 3 is 2.96 bits per heavy atom. The number of rotatable bonds is 5. The van der Waals surface area contributed by atoms with E-state index in [1.54, 1.807) is 18.1 Å². The van der Waals surface area contributed by atoms with Crippen molar-refractivity contribution in [1.82, 2.24) is 24.6 Å². The molecule has 1 amide bonds. The van der Waals surface area contributed by atoms with Crippen LogP contribution in [0.1, 0.15) is 24.5 Å². The molecule has 2 aromatic heterocycles. The summed E-state index contributed by atoms with van der Waals surface area (Å²) in [6.45, 7) is 7.14. The highest BCUT2D eigenvalue weighted by molar-refractivity contribution is 7.13. The third kappa shape index (κ3) is 3.99. The second-order valence-corrected chi connectivity index (χ2v) is 7.27. The minimum absolute atomic E-state index is 0.0957. The van der Waals surface area contributed by atoms with Gasteiger partial charge in [0, 0.05) is 31.7 Å². The molecular formula is C16H24N6OS. The number of amides is 1. The summed E-state index contributed by atoms with van der Waals surface area (Å²) in [5.74, 6) is 2.39. The fraction of sp³-hybridized carbons (Fsp3) is 0.625. The summed E-state index contributed by atoms with van der Waals surface area (Å²) >= 11 is 1.48. The van der Waals surface area contributed by atoms with E-state index in [9.17, 15) is 4.79 Å². The van der Waals surface area contributed by atoms with Crippen LogP contribution in [0.2, 0.25) is 0 Å². The van der Waals surface area contributed by atoms with Crippen LogP contribution in [0.5, 0.6) is 0 Å². The van der Waals surface area contributed by atoms with Crippen LogP contribution in [-0.4, -0.2) is 57.2 Å². The number of hydrogen-bond donors (Lipinski definition) is 0. The third-order valence-electron chi connectivity index (χ3n) is 4.44. The first-order valence-corrected chi connectivity index (χ1v) is 9.17. The zero-order valence-electron chi connectivity index (χ0n) is 14.5. The molecule has 0 N–H and O–H groups in total. The van der Waals surface area contributed by atoms with Crippen molar-refractivity contribution >= 4 is 22.4 Å². The highest BCUT2D eigenvalue weighted by atomic mass is 32.1. The fourth-order valence-corrected chi connectivity index (χ4v) is 3.83. The molecule has 2 aromatic rings. The van der Waals surface area contributed by atoms with Crippen molar-refractivity contribution in [2.45, 2.75) is 33.2 Å². The molecule has 1 aliphatic rings. The van der Waals surface area contributed by atoms with Crippen molar-refractivity contribution < 1.29 is 4.79 Å². The number of nitrogens with zero attached hydrogens (tertiary/aromatic N) is 6. The second kappa shape index (κ2) is 7.40. The molecule has 0 aromatic carbocycles. The Morgan fingerprint density at radius 1 is 1.46 bits per heavy atom. The van der Waals surface area contributed by atoms with E-state index >= 15 is 0 Å². The Balaban J connectivity index is 1.55. The number of piperidine rings is 1. The zero-order chi connectivity index (χ0) is 17.1. The minimum atomic E-state index is 0.0957. The molecule has 24 heavy (non-hydrogen) atoms. The molecule has 0 bridgehead atoms. The van der Waals surface area contributed by atoms with E-state index in [0.717, 1.165) is 42.8 Å². The molecule has 0 spiro atoms. The first kappa shape index (κ1) is 17.0. The van der Waals surface area contributed by atoms with Gasteiger partial charge in [0.25, 0.3) is 0 Å². The van der Waals surface area contributed by atoms with Crippen LogP contribution in [0, 0.1) is 19.8 Å². The Bertz CT molecular complexity index is 683. The Labute approximate surface area is 146 Å². The quantitative estimate of drug-likeness (QED) is 0.823. The molecule has 7 nitrogen and oxygen atoms in total. The Kier molecular flexibility index (Phi) is 5.25. The van der Waals surface area contributed by atoms with E-state index in [1.165, 1.54) is 17.8 Å². The average molecular weight is 348 g/mol. The van der Waals surface area contributed by atoms with Crippen molar-refractivity contribution in [2.24, 2.45) is 5.92 Å². The molecule has 0 aliphatic carbocycles. The fourth-order valence-electron chi connectivity index (χ4n) is 3.21. The van der Waals surface area contributed by atoms with Gasteiger partial charge in [-0.05, 0) is 39.2 Å². The predicted octanol–water partition coefficient (Wildman–Crippen LogP) is 1.73. The largest absolute Gasteiger partial charge is 0.294 e. The Hall–Kier alpha value is -1.80. The Morgan fingerprint density at radius 2 is 2.29 bits per heavy atom. The van der Waals surface area contributed by atoms with Gasteiger partial charge in [-0.1, -0.05) is 0 Å². The van der Waals surface area contributed by atoms with Crippen LogP contribution in [0.3, 0.4) is 0 Å². The van der Waals surface area contributed by atoms with E-state index in [4.69, 9.17) is 0 Å². The lowest BCUT2D eigenvalue weighted by Crippen LogP contribution is -2.44. The summed E-state index contributed by atoms with van der Waals surface area (Å²) in [6, 6.07) is 0. The van der Waals surface area contributed by atoms with Gasteiger partial charge in [0.2, 0.25) is 5.91 Å².